The minimum absolute atomic E-state index is 0.0442. The van der Waals surface area contributed by atoms with Gasteiger partial charge in [0.2, 0.25) is 0 Å². The van der Waals surface area contributed by atoms with E-state index in [2.05, 4.69) is 20.1 Å². The maximum Gasteiger partial charge on any atom is 0.319 e. The van der Waals surface area contributed by atoms with Gasteiger partial charge in [-0.1, -0.05) is 20.8 Å². The molecule has 0 saturated heterocycles. The second kappa shape index (κ2) is 8.76. The van der Waals surface area contributed by atoms with E-state index in [1.54, 1.807) is 12.1 Å². The van der Waals surface area contributed by atoms with E-state index in [4.69, 9.17) is 5.73 Å². The van der Waals surface area contributed by atoms with E-state index >= 15 is 0 Å². The van der Waals surface area contributed by atoms with Crippen molar-refractivity contribution in [2.75, 3.05) is 23.6 Å². The predicted molar refractivity (Wildman–Crippen MR) is 113 cm³/mol. The Morgan fingerprint density at radius 1 is 1.25 bits per heavy atom. The van der Waals surface area contributed by atoms with Crippen LogP contribution in [-0.4, -0.2) is 33.9 Å². The van der Waals surface area contributed by atoms with Gasteiger partial charge in [0.05, 0.1) is 11.3 Å². The van der Waals surface area contributed by atoms with Crippen LogP contribution in [-0.2, 0) is 10.2 Å². The average molecular weight is 428 g/mol. The number of hydrogen-bond donors (Lipinski definition) is 5. The van der Waals surface area contributed by atoms with Crippen molar-refractivity contribution < 1.29 is 18.0 Å². The van der Waals surface area contributed by atoms with Crippen LogP contribution in [0, 0.1) is 0 Å². The molecule has 3 amide bonds. The monoisotopic (exact) mass is 427 g/mol. The highest BCUT2D eigenvalue weighted by molar-refractivity contribution is 7.90. The highest BCUT2D eigenvalue weighted by Gasteiger charge is 2.23. The summed E-state index contributed by atoms with van der Waals surface area (Å²) in [5, 5.41) is 5.84. The third kappa shape index (κ3) is 4.91. The smallest absolute Gasteiger partial charge is 0.319 e. The maximum atomic E-state index is 12.2. The number of carbonyl (C=O) groups excluding carboxylic acids is 2. The number of nitrogens with one attached hydrogen (secondary N) is 4. The molecule has 0 aliphatic heterocycles. The molecule has 1 heterocycles. The van der Waals surface area contributed by atoms with Crippen LogP contribution in [0.15, 0.2) is 12.1 Å². The molecule has 0 fully saturated rings. The van der Waals surface area contributed by atoms with Crippen molar-refractivity contribution in [3.63, 3.8) is 0 Å². The first kappa shape index (κ1) is 21.9. The number of rotatable bonds is 8. The zero-order valence-corrected chi connectivity index (χ0v) is 17.8. The number of thiophene rings is 1. The minimum Gasteiger partial charge on any atom is -0.365 e. The summed E-state index contributed by atoms with van der Waals surface area (Å²) in [4.78, 5) is 23.8. The largest absolute Gasteiger partial charge is 0.365 e. The molecule has 11 heteroatoms. The Kier molecular flexibility index (Phi) is 6.86. The first-order valence-electron chi connectivity index (χ1n) is 8.76. The summed E-state index contributed by atoms with van der Waals surface area (Å²) in [5.41, 5.74) is 6.85. The molecular formula is C17H25N5O4S2. The molecule has 0 radical (unpaired) electrons. The molecule has 0 aliphatic carbocycles. The summed E-state index contributed by atoms with van der Waals surface area (Å²) in [6.45, 7) is 6.08. The number of hydrogen-bond acceptors (Lipinski definition) is 5. The van der Waals surface area contributed by atoms with Crippen LogP contribution in [0.25, 0.3) is 10.1 Å². The van der Waals surface area contributed by atoms with Crippen LogP contribution in [0.4, 0.5) is 15.5 Å². The van der Waals surface area contributed by atoms with Gasteiger partial charge in [-0.25, -0.2) is 4.79 Å². The number of nitrogens with two attached hydrogens (primary N) is 1. The fourth-order valence-electron chi connectivity index (χ4n) is 2.64. The lowest BCUT2D eigenvalue weighted by Crippen LogP contribution is -2.30. The van der Waals surface area contributed by atoms with Crippen molar-refractivity contribution in [2.24, 2.45) is 5.73 Å². The molecule has 154 valence electrons. The molecule has 9 nitrogen and oxygen atoms in total. The van der Waals surface area contributed by atoms with Crippen molar-refractivity contribution in [3.8, 4) is 0 Å². The second-order valence-electron chi connectivity index (χ2n) is 6.47. The molecule has 0 unspecified atom stereocenters. The second-order valence-corrected chi connectivity index (χ2v) is 8.99. The van der Waals surface area contributed by atoms with E-state index in [0.29, 0.717) is 29.0 Å². The van der Waals surface area contributed by atoms with Crippen molar-refractivity contribution in [1.82, 2.24) is 10.0 Å². The van der Waals surface area contributed by atoms with Gasteiger partial charge in [-0.05, 0) is 30.0 Å². The van der Waals surface area contributed by atoms with E-state index in [1.165, 1.54) is 18.4 Å². The van der Waals surface area contributed by atoms with Crippen molar-refractivity contribution in [3.05, 3.63) is 23.3 Å². The van der Waals surface area contributed by atoms with Crippen LogP contribution >= 0.6 is 11.3 Å². The van der Waals surface area contributed by atoms with Crippen LogP contribution in [0.2, 0.25) is 0 Å². The van der Waals surface area contributed by atoms with Crippen molar-refractivity contribution >= 4 is 54.3 Å². The highest BCUT2D eigenvalue weighted by atomic mass is 32.2. The molecule has 1 aromatic carbocycles. The third-order valence-electron chi connectivity index (χ3n) is 3.94. The molecule has 2 aromatic rings. The predicted octanol–water partition coefficient (Wildman–Crippen LogP) is 2.53. The number of urea groups is 1. The zero-order valence-electron chi connectivity index (χ0n) is 16.2. The lowest BCUT2D eigenvalue weighted by Gasteiger charge is -2.13. The van der Waals surface area contributed by atoms with E-state index in [1.807, 2.05) is 20.8 Å². The Bertz CT molecular complexity index is 999. The van der Waals surface area contributed by atoms with Gasteiger partial charge in [0.25, 0.3) is 16.1 Å². The first-order valence-corrected chi connectivity index (χ1v) is 11.1. The third-order valence-corrected chi connectivity index (χ3v) is 6.19. The van der Waals surface area contributed by atoms with E-state index in [9.17, 15) is 18.0 Å². The van der Waals surface area contributed by atoms with Gasteiger partial charge in [-0.2, -0.15) is 13.1 Å². The minimum atomic E-state index is -3.75. The topological polar surface area (TPSA) is 142 Å². The van der Waals surface area contributed by atoms with Gasteiger partial charge in [0.1, 0.15) is 5.00 Å². The van der Waals surface area contributed by atoms with Crippen LogP contribution in [0.3, 0.4) is 0 Å². The number of anilines is 2. The Labute approximate surface area is 168 Å². The van der Waals surface area contributed by atoms with Crippen LogP contribution in [0.1, 0.15) is 49.0 Å². The standard InChI is InChI=1S/C17H25N5O4S2/c1-5-6-20-28(25,26)22-10-7-11(9(2)3)14-12(8-10)13(15(18)23)16(27-14)21-17(24)19-4/h7-9,20,22H,5-6H2,1-4H3,(H2,18,23)(H2,19,21,24). The van der Waals surface area contributed by atoms with E-state index < -0.39 is 22.1 Å². The Morgan fingerprint density at radius 3 is 2.46 bits per heavy atom. The molecule has 0 bridgehead atoms. The number of fused-ring (bicyclic) bond motifs is 1. The zero-order chi connectivity index (χ0) is 21.1. The molecule has 28 heavy (non-hydrogen) atoms. The Balaban J connectivity index is 2.65. The summed E-state index contributed by atoms with van der Waals surface area (Å²) >= 11 is 1.23. The Morgan fingerprint density at radius 2 is 1.93 bits per heavy atom. The SMILES string of the molecule is CCCNS(=O)(=O)Nc1cc(C(C)C)c2sc(NC(=O)NC)c(C(N)=O)c2c1. The van der Waals surface area contributed by atoms with Gasteiger partial charge >= 0.3 is 6.03 Å². The molecule has 1 aromatic heterocycles. The maximum absolute atomic E-state index is 12.2. The summed E-state index contributed by atoms with van der Waals surface area (Å²) in [5.74, 6) is -0.667. The van der Waals surface area contributed by atoms with Crippen molar-refractivity contribution in [1.29, 1.82) is 0 Å². The molecule has 0 atom stereocenters. The molecule has 6 N–H and O–H groups in total. The lowest BCUT2D eigenvalue weighted by molar-refractivity contribution is 0.100. The summed E-state index contributed by atoms with van der Waals surface area (Å²) in [7, 11) is -2.29. The lowest BCUT2D eigenvalue weighted by atomic mass is 9.99. The average Bonchev–Trinajstić information content (AvgIpc) is 2.96. The normalized spacial score (nSPS) is 11.6. The summed E-state index contributed by atoms with van der Waals surface area (Å²) < 4.78 is 30.1. The summed E-state index contributed by atoms with van der Waals surface area (Å²) in [6.07, 6.45) is 0.655. The highest BCUT2D eigenvalue weighted by Crippen LogP contribution is 2.41. The molecule has 0 spiro atoms. The molecular weight excluding hydrogens is 402 g/mol. The van der Waals surface area contributed by atoms with E-state index in [-0.39, 0.29) is 11.5 Å². The van der Waals surface area contributed by atoms with E-state index in [0.717, 1.165) is 10.3 Å². The fraction of sp³-hybridized carbons (Fsp3) is 0.412. The van der Waals surface area contributed by atoms with Gasteiger partial charge in [0, 0.05) is 23.7 Å². The van der Waals surface area contributed by atoms with Crippen LogP contribution in [0.5, 0.6) is 0 Å². The summed E-state index contributed by atoms with van der Waals surface area (Å²) in [6, 6.07) is 2.80. The molecule has 0 saturated carbocycles. The van der Waals surface area contributed by atoms with Crippen LogP contribution < -0.4 is 25.8 Å². The van der Waals surface area contributed by atoms with Crippen molar-refractivity contribution in [2.45, 2.75) is 33.1 Å². The quantitative estimate of drug-likeness (QED) is 0.441. The number of amides is 3. The number of carbonyl (C=O) groups is 2. The number of benzene rings is 1. The molecule has 2 rings (SSSR count). The number of primary amides is 1. The first-order chi connectivity index (χ1) is 13.1. The molecule has 0 aliphatic rings. The van der Waals surface area contributed by atoms with Gasteiger partial charge in [-0.15, -0.1) is 11.3 Å². The van der Waals surface area contributed by atoms with Gasteiger partial charge in [-0.3, -0.25) is 14.8 Å². The van der Waals surface area contributed by atoms with Gasteiger partial charge in [0.15, 0.2) is 0 Å². The van der Waals surface area contributed by atoms with Gasteiger partial charge < -0.3 is 11.1 Å². The fourth-order valence-corrected chi connectivity index (χ4v) is 4.96. The Hall–Kier alpha value is -2.37.